The maximum absolute atomic E-state index is 11.7. The lowest BCUT2D eigenvalue weighted by molar-refractivity contribution is -0.142. The average Bonchev–Trinajstić information content (AvgIpc) is 3.40. The number of carbonyl (C=O) groups is 1. The Bertz CT molecular complexity index is 1260. The minimum Gasteiger partial charge on any atom is -0.493 e. The maximum Gasteiger partial charge on any atom is 0.320 e. The van der Waals surface area contributed by atoms with Crippen LogP contribution in [-0.2, 0) is 11.3 Å². The number of nitrogens with one attached hydrogen (secondary N) is 2. The van der Waals surface area contributed by atoms with E-state index >= 15 is 0 Å². The predicted octanol–water partition coefficient (Wildman–Crippen LogP) is 3.00. The number of benzene rings is 1. The number of anilines is 3. The van der Waals surface area contributed by atoms with Gasteiger partial charge in [0.1, 0.15) is 11.9 Å². The summed E-state index contributed by atoms with van der Waals surface area (Å²) in [6, 6.07) is 9.02. The molecule has 2 aromatic heterocycles. The molecule has 3 N–H and O–H groups in total. The van der Waals surface area contributed by atoms with Gasteiger partial charge in [-0.2, -0.15) is 0 Å². The van der Waals surface area contributed by atoms with Crippen molar-refractivity contribution >= 4 is 23.4 Å². The third-order valence-electron chi connectivity index (χ3n) is 6.62. The fraction of sp³-hybridized carbons (Fsp3) is 0.407. The second-order valence-corrected chi connectivity index (χ2v) is 9.16. The van der Waals surface area contributed by atoms with Gasteiger partial charge in [0.2, 0.25) is 5.95 Å². The Morgan fingerprint density at radius 1 is 1.18 bits per heavy atom. The smallest absolute Gasteiger partial charge is 0.320 e. The van der Waals surface area contributed by atoms with Gasteiger partial charge in [-0.25, -0.2) is 15.0 Å². The predicted molar refractivity (Wildman–Crippen MR) is 146 cm³/mol. The van der Waals surface area contributed by atoms with Crippen LogP contribution in [0, 0.1) is 0 Å². The summed E-state index contributed by atoms with van der Waals surface area (Å²) in [4.78, 5) is 29.4. The van der Waals surface area contributed by atoms with Crippen molar-refractivity contribution in [2.75, 3.05) is 58.2 Å². The van der Waals surface area contributed by atoms with E-state index in [2.05, 4.69) is 25.5 Å². The topological polar surface area (TPSA) is 125 Å². The van der Waals surface area contributed by atoms with Gasteiger partial charge in [0, 0.05) is 62.0 Å². The number of nitrogens with zero attached hydrogens (tertiary/aromatic N) is 5. The number of aliphatic carboxylic acids is 1. The molecule has 1 atom stereocenters. The molecule has 0 saturated carbocycles. The molecule has 38 heavy (non-hydrogen) atoms. The number of carboxylic acids is 1. The molecule has 0 aliphatic carbocycles. The second kappa shape index (κ2) is 12.5. The van der Waals surface area contributed by atoms with Crippen molar-refractivity contribution in [1.29, 1.82) is 0 Å². The molecule has 0 bridgehead atoms. The Morgan fingerprint density at radius 2 is 2.00 bits per heavy atom. The minimum absolute atomic E-state index is 0.423. The third-order valence-corrected chi connectivity index (χ3v) is 6.62. The van der Waals surface area contributed by atoms with E-state index in [-0.39, 0.29) is 0 Å². The van der Waals surface area contributed by atoms with Crippen molar-refractivity contribution in [3.63, 3.8) is 0 Å². The average molecular weight is 522 g/mol. The third kappa shape index (κ3) is 6.29. The fourth-order valence-electron chi connectivity index (χ4n) is 4.64. The van der Waals surface area contributed by atoms with Crippen molar-refractivity contribution in [3.8, 4) is 22.8 Å². The molecule has 0 radical (unpaired) electrons. The van der Waals surface area contributed by atoms with Gasteiger partial charge in [-0.1, -0.05) is 0 Å². The summed E-state index contributed by atoms with van der Waals surface area (Å²) in [6.07, 6.45) is 4.96. The molecule has 1 saturated heterocycles. The molecule has 202 valence electrons. The van der Waals surface area contributed by atoms with Crippen molar-refractivity contribution in [3.05, 3.63) is 48.3 Å². The van der Waals surface area contributed by atoms with E-state index in [0.29, 0.717) is 42.6 Å². The molecule has 0 amide bonds. The van der Waals surface area contributed by atoms with E-state index in [4.69, 9.17) is 14.5 Å². The first-order valence-electron chi connectivity index (χ1n) is 12.6. The SMILES string of the molecule is CNCCN(C)c1cc(-c2ccnc(Nc3cc(CN4CCCC4C(=O)O)c(OC)c(OC)c3)n2)ccn1. The van der Waals surface area contributed by atoms with E-state index in [1.54, 1.807) is 26.6 Å². The number of ether oxygens (including phenoxy) is 2. The normalized spacial score (nSPS) is 15.3. The molecule has 1 unspecified atom stereocenters. The van der Waals surface area contributed by atoms with Crippen LogP contribution in [0.2, 0.25) is 0 Å². The number of pyridine rings is 1. The lowest BCUT2D eigenvalue weighted by atomic mass is 10.1. The van der Waals surface area contributed by atoms with Gasteiger partial charge in [0.25, 0.3) is 0 Å². The molecule has 1 aromatic carbocycles. The number of hydrogen-bond donors (Lipinski definition) is 3. The number of likely N-dealkylation sites (N-methyl/N-ethyl adjacent to an activating group) is 2. The molecule has 1 aliphatic rings. The summed E-state index contributed by atoms with van der Waals surface area (Å²) in [6.45, 7) is 2.82. The lowest BCUT2D eigenvalue weighted by Gasteiger charge is -2.23. The molecule has 0 spiro atoms. The first-order valence-corrected chi connectivity index (χ1v) is 12.6. The van der Waals surface area contributed by atoms with Crippen LogP contribution in [0.15, 0.2) is 42.7 Å². The van der Waals surface area contributed by atoms with E-state index in [1.165, 1.54) is 0 Å². The van der Waals surface area contributed by atoms with E-state index in [0.717, 1.165) is 42.1 Å². The molecular formula is C27H35N7O4. The number of hydrogen-bond acceptors (Lipinski definition) is 10. The molecule has 11 heteroatoms. The van der Waals surface area contributed by atoms with Crippen LogP contribution in [0.25, 0.3) is 11.3 Å². The zero-order valence-corrected chi connectivity index (χ0v) is 22.3. The Morgan fingerprint density at radius 3 is 2.74 bits per heavy atom. The van der Waals surface area contributed by atoms with Gasteiger partial charge < -0.3 is 30.1 Å². The standard InChI is InChI=1S/C27H35N7O4/c1-28-11-13-33(2)24-15-18(7-9-29-24)21-8-10-30-27(32-21)31-20-14-19(25(38-4)23(16-20)37-3)17-34-12-5-6-22(34)26(35)36/h7-10,14-16,22,28H,5-6,11-13,17H2,1-4H3,(H,35,36)(H,30,31,32). The summed E-state index contributed by atoms with van der Waals surface area (Å²) in [5.74, 6) is 1.60. The summed E-state index contributed by atoms with van der Waals surface area (Å²) in [5, 5.41) is 16.0. The van der Waals surface area contributed by atoms with Crippen LogP contribution >= 0.6 is 0 Å². The lowest BCUT2D eigenvalue weighted by Crippen LogP contribution is -2.35. The summed E-state index contributed by atoms with van der Waals surface area (Å²) in [5.41, 5.74) is 3.22. The minimum atomic E-state index is -0.805. The molecule has 1 aliphatic heterocycles. The van der Waals surface area contributed by atoms with Crippen molar-refractivity contribution in [2.45, 2.75) is 25.4 Å². The van der Waals surface area contributed by atoms with Crippen molar-refractivity contribution < 1.29 is 19.4 Å². The fourth-order valence-corrected chi connectivity index (χ4v) is 4.64. The van der Waals surface area contributed by atoms with Crippen LogP contribution in [-0.4, -0.2) is 84.9 Å². The molecule has 1 fully saturated rings. The molecular weight excluding hydrogens is 486 g/mol. The Kier molecular flexibility index (Phi) is 8.93. The Balaban J connectivity index is 1.59. The Labute approximate surface area is 222 Å². The first kappa shape index (κ1) is 27.1. The zero-order valence-electron chi connectivity index (χ0n) is 22.3. The van der Waals surface area contributed by atoms with Crippen LogP contribution in [0.5, 0.6) is 11.5 Å². The van der Waals surface area contributed by atoms with E-state index < -0.39 is 12.0 Å². The van der Waals surface area contributed by atoms with Gasteiger partial charge in [0.05, 0.1) is 19.9 Å². The van der Waals surface area contributed by atoms with Gasteiger partial charge in [-0.15, -0.1) is 0 Å². The quantitative estimate of drug-likeness (QED) is 0.326. The summed E-state index contributed by atoms with van der Waals surface area (Å²) >= 11 is 0. The van der Waals surface area contributed by atoms with Gasteiger partial charge in [-0.3, -0.25) is 9.69 Å². The number of likely N-dealkylation sites (tertiary alicyclic amines) is 1. The molecule has 3 aromatic rings. The Hall–Kier alpha value is -3.96. The highest BCUT2D eigenvalue weighted by molar-refractivity contribution is 5.74. The van der Waals surface area contributed by atoms with E-state index in [1.807, 2.05) is 49.3 Å². The van der Waals surface area contributed by atoms with Crippen LogP contribution in [0.1, 0.15) is 18.4 Å². The first-order chi connectivity index (χ1) is 18.4. The number of carboxylic acid groups (broad SMARTS) is 1. The molecule has 3 heterocycles. The summed E-state index contributed by atoms with van der Waals surface area (Å²) < 4.78 is 11.2. The highest BCUT2D eigenvalue weighted by Gasteiger charge is 2.31. The maximum atomic E-state index is 11.7. The highest BCUT2D eigenvalue weighted by Crippen LogP contribution is 2.37. The molecule has 11 nitrogen and oxygen atoms in total. The van der Waals surface area contributed by atoms with Gasteiger partial charge in [-0.05, 0) is 50.7 Å². The number of aromatic nitrogens is 3. The number of methoxy groups -OCH3 is 2. The van der Waals surface area contributed by atoms with Gasteiger partial charge in [0.15, 0.2) is 11.5 Å². The van der Waals surface area contributed by atoms with E-state index in [9.17, 15) is 9.90 Å². The van der Waals surface area contributed by atoms with Crippen LogP contribution < -0.4 is 25.0 Å². The monoisotopic (exact) mass is 521 g/mol. The van der Waals surface area contributed by atoms with Crippen molar-refractivity contribution in [1.82, 2.24) is 25.2 Å². The largest absolute Gasteiger partial charge is 0.493 e. The van der Waals surface area contributed by atoms with Crippen molar-refractivity contribution in [2.24, 2.45) is 0 Å². The zero-order chi connectivity index (χ0) is 27.1. The van der Waals surface area contributed by atoms with Crippen LogP contribution in [0.4, 0.5) is 17.5 Å². The second-order valence-electron chi connectivity index (χ2n) is 9.16. The van der Waals surface area contributed by atoms with Gasteiger partial charge >= 0.3 is 5.97 Å². The summed E-state index contributed by atoms with van der Waals surface area (Å²) in [7, 11) is 7.09. The molecule has 4 rings (SSSR count). The highest BCUT2D eigenvalue weighted by atomic mass is 16.5. The number of rotatable bonds is 12. The van der Waals surface area contributed by atoms with Crippen LogP contribution in [0.3, 0.4) is 0 Å².